The Morgan fingerprint density at radius 3 is 2.76 bits per heavy atom. The lowest BCUT2D eigenvalue weighted by molar-refractivity contribution is 0.0940. The number of benzene rings is 2. The normalized spacial score (nSPS) is 12.3. The highest BCUT2D eigenvalue weighted by molar-refractivity contribution is 7.22. The van der Waals surface area contributed by atoms with Crippen LogP contribution in [0.15, 0.2) is 48.5 Å². The number of thiazole rings is 1. The first-order valence-corrected chi connectivity index (χ1v) is 7.75. The maximum absolute atomic E-state index is 12.3. The number of rotatable bonds is 3. The molecule has 0 spiro atoms. The zero-order chi connectivity index (χ0) is 14.8. The van der Waals surface area contributed by atoms with E-state index in [2.05, 4.69) is 10.3 Å². The predicted octanol–water partition coefficient (Wildman–Crippen LogP) is 4.44. The van der Waals surface area contributed by atoms with Gasteiger partial charge < -0.3 is 5.32 Å². The summed E-state index contributed by atoms with van der Waals surface area (Å²) in [6, 6.07) is 15.2. The van der Waals surface area contributed by atoms with Gasteiger partial charge in [-0.15, -0.1) is 11.3 Å². The highest BCUT2D eigenvalue weighted by Gasteiger charge is 2.12. The molecule has 3 aromatic rings. The van der Waals surface area contributed by atoms with Crippen molar-refractivity contribution in [3.63, 3.8) is 0 Å². The molecular weight excluding hydrogens is 304 g/mol. The van der Waals surface area contributed by atoms with E-state index in [1.54, 1.807) is 6.07 Å². The number of carbonyl (C=O) groups excluding carboxylic acids is 1. The Kier molecular flexibility index (Phi) is 3.90. The zero-order valence-corrected chi connectivity index (χ0v) is 12.9. The molecule has 0 fully saturated rings. The van der Waals surface area contributed by atoms with Crippen molar-refractivity contribution >= 4 is 39.1 Å². The molecule has 0 aliphatic carbocycles. The van der Waals surface area contributed by atoms with Crippen LogP contribution in [0.2, 0.25) is 4.47 Å². The minimum atomic E-state index is -0.0993. The molecule has 3 rings (SSSR count). The average molecular weight is 317 g/mol. The number of amides is 1. The molecule has 1 N–H and O–H groups in total. The Morgan fingerprint density at radius 2 is 2.00 bits per heavy atom. The van der Waals surface area contributed by atoms with E-state index in [-0.39, 0.29) is 11.9 Å². The molecule has 0 saturated carbocycles. The summed E-state index contributed by atoms with van der Waals surface area (Å²) in [5.41, 5.74) is 2.51. The number of fused-ring (bicyclic) bond motifs is 1. The Balaban J connectivity index is 1.80. The average Bonchev–Trinajstić information content (AvgIpc) is 2.87. The van der Waals surface area contributed by atoms with Crippen molar-refractivity contribution in [1.82, 2.24) is 10.3 Å². The highest BCUT2D eigenvalue weighted by atomic mass is 35.5. The minimum absolute atomic E-state index is 0.0422. The monoisotopic (exact) mass is 316 g/mol. The summed E-state index contributed by atoms with van der Waals surface area (Å²) in [7, 11) is 0. The number of carbonyl (C=O) groups is 1. The second-order valence-electron chi connectivity index (χ2n) is 4.76. The lowest BCUT2D eigenvalue weighted by Gasteiger charge is -2.14. The maximum Gasteiger partial charge on any atom is 0.251 e. The van der Waals surface area contributed by atoms with Crippen LogP contribution in [0.25, 0.3) is 10.2 Å². The van der Waals surface area contributed by atoms with Gasteiger partial charge in [-0.05, 0) is 30.7 Å². The van der Waals surface area contributed by atoms with Crippen LogP contribution in [-0.4, -0.2) is 10.9 Å². The maximum atomic E-state index is 12.3. The molecule has 0 unspecified atom stereocenters. The second-order valence-corrected chi connectivity index (χ2v) is 6.37. The molecule has 0 saturated heterocycles. The highest BCUT2D eigenvalue weighted by Crippen LogP contribution is 2.26. The fourth-order valence-corrected chi connectivity index (χ4v) is 3.21. The van der Waals surface area contributed by atoms with Crippen LogP contribution in [0.1, 0.15) is 28.9 Å². The van der Waals surface area contributed by atoms with E-state index in [4.69, 9.17) is 11.6 Å². The summed E-state index contributed by atoms with van der Waals surface area (Å²) >= 11 is 7.26. The van der Waals surface area contributed by atoms with Gasteiger partial charge in [-0.2, -0.15) is 0 Å². The van der Waals surface area contributed by atoms with Crippen molar-refractivity contribution in [2.24, 2.45) is 0 Å². The number of nitrogens with one attached hydrogen (secondary N) is 1. The lowest BCUT2D eigenvalue weighted by Crippen LogP contribution is -2.26. The predicted molar refractivity (Wildman–Crippen MR) is 87.0 cm³/mol. The Bertz CT molecular complexity index is 785. The summed E-state index contributed by atoms with van der Waals surface area (Å²) in [6.45, 7) is 1.97. The molecule has 0 bridgehead atoms. The van der Waals surface area contributed by atoms with Gasteiger partial charge in [0, 0.05) is 5.56 Å². The Hall–Kier alpha value is -1.91. The summed E-state index contributed by atoms with van der Waals surface area (Å²) in [5, 5.41) is 3.00. The van der Waals surface area contributed by atoms with Gasteiger partial charge in [-0.25, -0.2) is 4.98 Å². The van der Waals surface area contributed by atoms with Crippen LogP contribution >= 0.6 is 22.9 Å². The van der Waals surface area contributed by atoms with Crippen LogP contribution in [0.4, 0.5) is 0 Å². The number of hydrogen-bond acceptors (Lipinski definition) is 3. The second kappa shape index (κ2) is 5.84. The van der Waals surface area contributed by atoms with Gasteiger partial charge in [-0.3, -0.25) is 4.79 Å². The fraction of sp³-hybridized carbons (Fsp3) is 0.125. The van der Waals surface area contributed by atoms with Gasteiger partial charge in [0.1, 0.15) is 0 Å². The number of hydrogen-bond donors (Lipinski definition) is 1. The first-order chi connectivity index (χ1) is 10.1. The van der Waals surface area contributed by atoms with E-state index in [1.165, 1.54) is 11.3 Å². The molecule has 0 aliphatic rings. The number of aromatic nitrogens is 1. The van der Waals surface area contributed by atoms with Crippen molar-refractivity contribution in [2.45, 2.75) is 13.0 Å². The molecule has 0 aliphatic heterocycles. The number of halogens is 1. The first kappa shape index (κ1) is 14.0. The molecule has 1 atom stereocenters. The quantitative estimate of drug-likeness (QED) is 0.776. The van der Waals surface area contributed by atoms with Gasteiger partial charge in [0.05, 0.1) is 16.3 Å². The van der Waals surface area contributed by atoms with Crippen molar-refractivity contribution in [2.75, 3.05) is 0 Å². The molecule has 106 valence electrons. The molecular formula is C16H13ClN2OS. The van der Waals surface area contributed by atoms with Crippen LogP contribution in [0.3, 0.4) is 0 Å². The van der Waals surface area contributed by atoms with E-state index < -0.39 is 0 Å². The van der Waals surface area contributed by atoms with Crippen LogP contribution in [0.5, 0.6) is 0 Å². The molecule has 1 amide bonds. The molecule has 5 heteroatoms. The molecule has 1 aromatic heterocycles. The summed E-state index contributed by atoms with van der Waals surface area (Å²) in [4.78, 5) is 16.5. The molecule has 0 radical (unpaired) electrons. The van der Waals surface area contributed by atoms with E-state index in [9.17, 15) is 4.79 Å². The summed E-state index contributed by atoms with van der Waals surface area (Å²) in [5.74, 6) is -0.0993. The Morgan fingerprint density at radius 1 is 1.24 bits per heavy atom. The van der Waals surface area contributed by atoms with Crippen molar-refractivity contribution in [3.8, 4) is 0 Å². The fourth-order valence-electron chi connectivity index (χ4n) is 2.14. The van der Waals surface area contributed by atoms with E-state index in [1.807, 2.05) is 49.4 Å². The number of nitrogens with zero attached hydrogens (tertiary/aromatic N) is 1. The van der Waals surface area contributed by atoms with Gasteiger partial charge >= 0.3 is 0 Å². The molecule has 2 aromatic carbocycles. The van der Waals surface area contributed by atoms with Gasteiger partial charge in [0.25, 0.3) is 5.91 Å². The summed E-state index contributed by atoms with van der Waals surface area (Å²) < 4.78 is 1.40. The molecule has 1 heterocycles. The van der Waals surface area contributed by atoms with Crippen LogP contribution in [-0.2, 0) is 0 Å². The van der Waals surface area contributed by atoms with E-state index in [0.29, 0.717) is 10.0 Å². The largest absolute Gasteiger partial charge is 0.346 e. The third-order valence-corrected chi connectivity index (χ3v) is 4.39. The van der Waals surface area contributed by atoms with Gasteiger partial charge in [0.15, 0.2) is 4.47 Å². The topological polar surface area (TPSA) is 42.0 Å². The van der Waals surface area contributed by atoms with E-state index in [0.717, 1.165) is 15.8 Å². The smallest absolute Gasteiger partial charge is 0.251 e. The lowest BCUT2D eigenvalue weighted by atomic mass is 10.1. The van der Waals surface area contributed by atoms with Crippen molar-refractivity contribution in [3.05, 3.63) is 64.1 Å². The Labute approximate surface area is 131 Å². The standard InChI is InChI=1S/C16H13ClN2OS/c1-10(11-5-3-2-4-6-11)18-15(20)12-7-8-13-14(9-12)21-16(17)19-13/h2-10H,1H3,(H,18,20)/t10-/m0/s1. The van der Waals surface area contributed by atoms with Crippen LogP contribution < -0.4 is 5.32 Å². The minimum Gasteiger partial charge on any atom is -0.346 e. The van der Waals surface area contributed by atoms with E-state index >= 15 is 0 Å². The first-order valence-electron chi connectivity index (χ1n) is 6.55. The van der Waals surface area contributed by atoms with Crippen molar-refractivity contribution in [1.29, 1.82) is 0 Å². The van der Waals surface area contributed by atoms with Gasteiger partial charge in [-0.1, -0.05) is 41.9 Å². The SMILES string of the molecule is C[C@H](NC(=O)c1ccc2nc(Cl)sc2c1)c1ccccc1. The van der Waals surface area contributed by atoms with Gasteiger partial charge in [0.2, 0.25) is 0 Å². The molecule has 3 nitrogen and oxygen atoms in total. The molecule has 21 heavy (non-hydrogen) atoms. The third kappa shape index (κ3) is 3.06. The third-order valence-electron chi connectivity index (χ3n) is 3.27. The van der Waals surface area contributed by atoms with Crippen molar-refractivity contribution < 1.29 is 4.79 Å². The summed E-state index contributed by atoms with van der Waals surface area (Å²) in [6.07, 6.45) is 0. The zero-order valence-electron chi connectivity index (χ0n) is 11.3. The van der Waals surface area contributed by atoms with Crippen LogP contribution in [0, 0.1) is 0 Å².